The summed E-state index contributed by atoms with van der Waals surface area (Å²) >= 11 is 1.38. The van der Waals surface area contributed by atoms with E-state index >= 15 is 0 Å². The van der Waals surface area contributed by atoms with Crippen LogP contribution >= 0.6 is 11.5 Å². The molecule has 84 valence electrons. The topological polar surface area (TPSA) is 37.8 Å². The highest BCUT2D eigenvalue weighted by Gasteiger charge is 2.12. The van der Waals surface area contributed by atoms with Crippen LogP contribution in [0.4, 0.5) is 4.39 Å². The molecular weight excluding hydrogens is 225 g/mol. The fraction of sp³-hybridized carbons (Fsp3) is 0.273. The summed E-state index contributed by atoms with van der Waals surface area (Å²) in [5.74, 6) is -0.204. The average molecular weight is 237 g/mol. The van der Waals surface area contributed by atoms with Crippen molar-refractivity contribution in [2.24, 2.45) is 0 Å². The molecule has 0 fully saturated rings. The Morgan fingerprint density at radius 3 is 2.69 bits per heavy atom. The molecule has 5 heteroatoms. The van der Waals surface area contributed by atoms with Crippen LogP contribution in [0, 0.1) is 5.82 Å². The van der Waals surface area contributed by atoms with Gasteiger partial charge in [-0.2, -0.15) is 0 Å². The van der Waals surface area contributed by atoms with Gasteiger partial charge in [0, 0.05) is 6.04 Å². The molecule has 0 spiro atoms. The highest BCUT2D eigenvalue weighted by atomic mass is 32.1. The minimum Gasteiger partial charge on any atom is -0.312 e. The summed E-state index contributed by atoms with van der Waals surface area (Å²) in [6.07, 6.45) is 2.57. The molecule has 0 aliphatic heterocycles. The molecule has 1 unspecified atom stereocenters. The Labute approximate surface area is 97.5 Å². The minimum absolute atomic E-state index is 0.186. The van der Waals surface area contributed by atoms with Gasteiger partial charge in [-0.05, 0) is 42.7 Å². The fourth-order valence-corrected chi connectivity index (χ4v) is 2.14. The van der Waals surface area contributed by atoms with Gasteiger partial charge in [-0.1, -0.05) is 16.6 Å². The number of hydrogen-bond acceptors (Lipinski definition) is 4. The van der Waals surface area contributed by atoms with E-state index in [1.807, 2.05) is 7.05 Å². The van der Waals surface area contributed by atoms with Gasteiger partial charge in [-0.15, -0.1) is 5.10 Å². The summed E-state index contributed by atoms with van der Waals surface area (Å²) in [4.78, 5) is 1.09. The largest absolute Gasteiger partial charge is 0.312 e. The number of halogens is 1. The Balaban J connectivity index is 2.10. The summed E-state index contributed by atoms with van der Waals surface area (Å²) < 4.78 is 16.6. The molecule has 0 bridgehead atoms. The Hall–Kier alpha value is -1.33. The smallest absolute Gasteiger partial charge is 0.123 e. The van der Waals surface area contributed by atoms with E-state index < -0.39 is 0 Å². The molecular formula is C11H12FN3S. The summed E-state index contributed by atoms with van der Waals surface area (Å²) in [5, 5.41) is 7.02. The second kappa shape index (κ2) is 5.14. The van der Waals surface area contributed by atoms with E-state index in [9.17, 15) is 4.39 Å². The molecule has 0 aliphatic rings. The Morgan fingerprint density at radius 1 is 1.38 bits per heavy atom. The van der Waals surface area contributed by atoms with Gasteiger partial charge in [0.2, 0.25) is 0 Å². The zero-order valence-electron chi connectivity index (χ0n) is 8.85. The molecule has 0 amide bonds. The second-order valence-electron chi connectivity index (χ2n) is 3.49. The first-order chi connectivity index (χ1) is 7.79. The van der Waals surface area contributed by atoms with E-state index in [-0.39, 0.29) is 11.9 Å². The van der Waals surface area contributed by atoms with Crippen LogP contribution in [0.5, 0.6) is 0 Å². The first kappa shape index (κ1) is 11.2. The van der Waals surface area contributed by atoms with Gasteiger partial charge < -0.3 is 5.32 Å². The van der Waals surface area contributed by atoms with E-state index in [2.05, 4.69) is 14.9 Å². The van der Waals surface area contributed by atoms with Crippen LogP contribution in [0.25, 0.3) is 0 Å². The van der Waals surface area contributed by atoms with Crippen LogP contribution in [0.1, 0.15) is 16.5 Å². The van der Waals surface area contributed by atoms with Crippen molar-refractivity contribution in [1.29, 1.82) is 0 Å². The third-order valence-corrected chi connectivity index (χ3v) is 3.20. The summed E-state index contributed by atoms with van der Waals surface area (Å²) in [5.41, 5.74) is 1.09. The lowest BCUT2D eigenvalue weighted by molar-refractivity contribution is 0.597. The van der Waals surface area contributed by atoms with E-state index in [4.69, 9.17) is 0 Å². The van der Waals surface area contributed by atoms with Crippen molar-refractivity contribution >= 4 is 11.5 Å². The molecule has 0 saturated heterocycles. The van der Waals surface area contributed by atoms with E-state index in [0.29, 0.717) is 0 Å². The molecule has 1 aromatic carbocycles. The van der Waals surface area contributed by atoms with Crippen molar-refractivity contribution in [2.45, 2.75) is 12.5 Å². The lowest BCUT2D eigenvalue weighted by Crippen LogP contribution is -2.17. The standard InChI is InChI=1S/C11H12FN3S/c1-13-10(11-7-14-15-16-11)6-8-2-4-9(12)5-3-8/h2-5,7,10,13H,6H2,1H3. The SMILES string of the molecule is CNC(Cc1ccc(F)cc1)c1cnns1. The Bertz CT molecular complexity index is 427. The van der Waals surface area contributed by atoms with Crippen molar-refractivity contribution in [1.82, 2.24) is 14.9 Å². The second-order valence-corrected chi connectivity index (χ2v) is 4.31. The molecule has 1 heterocycles. The zero-order valence-corrected chi connectivity index (χ0v) is 9.67. The highest BCUT2D eigenvalue weighted by Crippen LogP contribution is 2.19. The van der Waals surface area contributed by atoms with Gasteiger partial charge in [-0.25, -0.2) is 4.39 Å². The monoisotopic (exact) mass is 237 g/mol. The fourth-order valence-electron chi connectivity index (χ4n) is 1.53. The molecule has 1 atom stereocenters. The molecule has 1 N–H and O–H groups in total. The Morgan fingerprint density at radius 2 is 2.12 bits per heavy atom. The third-order valence-electron chi connectivity index (χ3n) is 2.42. The van der Waals surface area contributed by atoms with Crippen molar-refractivity contribution in [2.75, 3.05) is 7.05 Å². The highest BCUT2D eigenvalue weighted by molar-refractivity contribution is 7.05. The molecule has 0 aliphatic carbocycles. The maximum absolute atomic E-state index is 12.7. The molecule has 2 aromatic rings. The van der Waals surface area contributed by atoms with Crippen molar-refractivity contribution < 1.29 is 4.39 Å². The van der Waals surface area contributed by atoms with E-state index in [1.54, 1.807) is 18.3 Å². The number of nitrogens with zero attached hydrogens (tertiary/aromatic N) is 2. The van der Waals surface area contributed by atoms with Crippen LogP contribution in [0.2, 0.25) is 0 Å². The molecule has 3 nitrogen and oxygen atoms in total. The van der Waals surface area contributed by atoms with Crippen molar-refractivity contribution in [3.05, 3.63) is 46.7 Å². The van der Waals surface area contributed by atoms with Gasteiger partial charge in [0.15, 0.2) is 0 Å². The summed E-state index contributed by atoms with van der Waals surface area (Å²) in [6.45, 7) is 0. The minimum atomic E-state index is -0.204. The molecule has 2 rings (SSSR count). The first-order valence-corrected chi connectivity index (χ1v) is 5.76. The summed E-state index contributed by atoms with van der Waals surface area (Å²) in [6, 6.07) is 6.74. The zero-order chi connectivity index (χ0) is 11.4. The third kappa shape index (κ3) is 2.62. The maximum Gasteiger partial charge on any atom is 0.123 e. The van der Waals surface area contributed by atoms with Crippen LogP contribution in [0.15, 0.2) is 30.5 Å². The van der Waals surface area contributed by atoms with Crippen molar-refractivity contribution in [3.63, 3.8) is 0 Å². The van der Waals surface area contributed by atoms with Gasteiger partial charge in [-0.3, -0.25) is 0 Å². The summed E-state index contributed by atoms with van der Waals surface area (Å²) in [7, 11) is 1.90. The number of hydrogen-bond donors (Lipinski definition) is 1. The van der Waals surface area contributed by atoms with Gasteiger partial charge >= 0.3 is 0 Å². The number of benzene rings is 1. The lowest BCUT2D eigenvalue weighted by atomic mass is 10.1. The number of likely N-dealkylation sites (N-methyl/N-ethyl adjacent to an activating group) is 1. The normalized spacial score (nSPS) is 12.6. The van der Waals surface area contributed by atoms with Crippen LogP contribution < -0.4 is 5.32 Å². The predicted octanol–water partition coefficient (Wildman–Crippen LogP) is 2.18. The average Bonchev–Trinajstić information content (AvgIpc) is 2.82. The molecule has 16 heavy (non-hydrogen) atoms. The maximum atomic E-state index is 12.7. The van der Waals surface area contributed by atoms with Gasteiger partial charge in [0.1, 0.15) is 5.82 Å². The van der Waals surface area contributed by atoms with Crippen LogP contribution in [-0.2, 0) is 6.42 Å². The first-order valence-electron chi connectivity index (χ1n) is 4.98. The van der Waals surface area contributed by atoms with E-state index in [1.165, 1.54) is 23.7 Å². The number of aromatic nitrogens is 2. The van der Waals surface area contributed by atoms with Gasteiger partial charge in [0.25, 0.3) is 0 Å². The molecule has 0 radical (unpaired) electrons. The Kier molecular flexibility index (Phi) is 3.58. The molecule has 1 aromatic heterocycles. The van der Waals surface area contributed by atoms with Crippen molar-refractivity contribution in [3.8, 4) is 0 Å². The van der Waals surface area contributed by atoms with Crippen LogP contribution in [-0.4, -0.2) is 16.6 Å². The number of nitrogens with one attached hydrogen (secondary N) is 1. The quantitative estimate of drug-likeness (QED) is 0.885. The lowest BCUT2D eigenvalue weighted by Gasteiger charge is -2.13. The predicted molar refractivity (Wildman–Crippen MR) is 61.8 cm³/mol. The molecule has 0 saturated carbocycles. The van der Waals surface area contributed by atoms with Gasteiger partial charge in [0.05, 0.1) is 11.1 Å². The van der Waals surface area contributed by atoms with E-state index in [0.717, 1.165) is 16.9 Å². The van der Waals surface area contributed by atoms with Crippen LogP contribution in [0.3, 0.4) is 0 Å². The number of rotatable bonds is 4.